The van der Waals surface area contributed by atoms with Crippen molar-refractivity contribution in [3.05, 3.63) is 40.3 Å². The number of thioether (sulfide) groups is 1. The molecule has 2 aromatic rings. The number of ether oxygens (including phenoxy) is 2. The summed E-state index contributed by atoms with van der Waals surface area (Å²) in [7, 11) is 1.62. The van der Waals surface area contributed by atoms with Gasteiger partial charge in [-0.2, -0.15) is 0 Å². The molecule has 0 spiro atoms. The molecule has 1 aromatic carbocycles. The molecule has 0 bridgehead atoms. The predicted molar refractivity (Wildman–Crippen MR) is 122 cm³/mol. The van der Waals surface area contributed by atoms with Crippen LogP contribution < -0.4 is 15.4 Å². The van der Waals surface area contributed by atoms with E-state index in [9.17, 15) is 14.4 Å². The maximum Gasteiger partial charge on any atom is 0.414 e. The summed E-state index contributed by atoms with van der Waals surface area (Å²) in [5.74, 6) is 0.705. The normalized spacial score (nSPS) is 12.6. The van der Waals surface area contributed by atoms with E-state index >= 15 is 0 Å². The second-order valence-corrected chi connectivity index (χ2v) is 9.19. The number of nitrogens with one attached hydrogen (secondary N) is 2. The molecule has 0 fully saturated rings. The van der Waals surface area contributed by atoms with Gasteiger partial charge in [-0.25, -0.2) is 4.79 Å². The van der Waals surface area contributed by atoms with E-state index in [0.29, 0.717) is 22.7 Å². The first-order valence-electron chi connectivity index (χ1n) is 10.2. The zero-order valence-corrected chi connectivity index (χ0v) is 19.2. The minimum Gasteiger partial charge on any atom is -0.497 e. The van der Waals surface area contributed by atoms with Crippen molar-refractivity contribution < 1.29 is 23.9 Å². The van der Waals surface area contributed by atoms with Crippen LogP contribution in [0.4, 0.5) is 9.80 Å². The Labute approximate surface area is 189 Å². The number of anilines is 1. The van der Waals surface area contributed by atoms with Crippen LogP contribution in [0, 0.1) is 0 Å². The largest absolute Gasteiger partial charge is 0.497 e. The summed E-state index contributed by atoms with van der Waals surface area (Å²) in [5, 5.41) is 5.66. The zero-order chi connectivity index (χ0) is 22.2. The van der Waals surface area contributed by atoms with Gasteiger partial charge in [0.2, 0.25) is 5.91 Å². The maximum atomic E-state index is 12.7. The second-order valence-electron chi connectivity index (χ2n) is 6.91. The van der Waals surface area contributed by atoms with Gasteiger partial charge in [-0.3, -0.25) is 14.9 Å². The van der Waals surface area contributed by atoms with Gasteiger partial charge in [0.05, 0.1) is 19.3 Å². The molecule has 166 valence electrons. The quantitative estimate of drug-likeness (QED) is 0.555. The Balaban J connectivity index is 1.64. The number of fused-ring (bicyclic) bond motifs is 1. The Morgan fingerprint density at radius 3 is 2.58 bits per heavy atom. The van der Waals surface area contributed by atoms with Crippen LogP contribution in [0.5, 0.6) is 5.75 Å². The number of carbonyl (C=O) groups is 3. The number of imide groups is 1. The highest BCUT2D eigenvalue weighted by Crippen LogP contribution is 2.38. The molecule has 0 atom stereocenters. The molecule has 1 heterocycles. The summed E-state index contributed by atoms with van der Waals surface area (Å²) in [4.78, 5) is 39.2. The Morgan fingerprint density at radius 1 is 1.13 bits per heavy atom. The standard InChI is InChI=1S/C22H26N2O5S2/c1-3-29-22(27)24-20(26)19-16-6-4-5-7-17(16)31-21(19)23-18(25)12-13-30-15-10-8-14(28-2)9-11-15/h8-11H,3-7,12-13H2,1-2H3,(H,23,25)(H,24,26,27). The van der Waals surface area contributed by atoms with Crippen molar-refractivity contribution in [2.24, 2.45) is 0 Å². The Bertz CT molecular complexity index is 940. The molecule has 7 nitrogen and oxygen atoms in total. The molecule has 2 N–H and O–H groups in total. The summed E-state index contributed by atoms with van der Waals surface area (Å²) in [6.07, 6.45) is 3.20. The van der Waals surface area contributed by atoms with E-state index in [1.807, 2.05) is 24.3 Å². The topological polar surface area (TPSA) is 93.7 Å². The average molecular weight is 463 g/mol. The van der Waals surface area contributed by atoms with E-state index in [0.717, 1.165) is 46.8 Å². The van der Waals surface area contributed by atoms with Crippen molar-refractivity contribution in [2.75, 3.05) is 24.8 Å². The molecule has 0 aliphatic heterocycles. The third kappa shape index (κ3) is 6.24. The van der Waals surface area contributed by atoms with Crippen molar-refractivity contribution in [3.63, 3.8) is 0 Å². The molecule has 0 saturated heterocycles. The van der Waals surface area contributed by atoms with Gasteiger partial charge < -0.3 is 14.8 Å². The molecule has 3 rings (SSSR count). The molecular weight excluding hydrogens is 436 g/mol. The molecule has 31 heavy (non-hydrogen) atoms. The first kappa shape index (κ1) is 23.1. The molecular formula is C22H26N2O5S2. The van der Waals surface area contributed by atoms with Crippen molar-refractivity contribution in [1.82, 2.24) is 5.32 Å². The number of amides is 3. The van der Waals surface area contributed by atoms with Crippen LogP contribution in [-0.2, 0) is 22.4 Å². The van der Waals surface area contributed by atoms with Crippen LogP contribution >= 0.6 is 23.1 Å². The lowest BCUT2D eigenvalue weighted by atomic mass is 9.95. The molecule has 9 heteroatoms. The van der Waals surface area contributed by atoms with E-state index < -0.39 is 12.0 Å². The van der Waals surface area contributed by atoms with E-state index in [1.165, 1.54) is 11.3 Å². The lowest BCUT2D eigenvalue weighted by Gasteiger charge is -2.13. The van der Waals surface area contributed by atoms with Crippen molar-refractivity contribution in [2.45, 2.75) is 43.9 Å². The third-order valence-corrected chi connectivity index (χ3v) is 7.02. The van der Waals surface area contributed by atoms with Gasteiger partial charge in [-0.05, 0) is 62.4 Å². The minimum absolute atomic E-state index is 0.162. The fraction of sp³-hybridized carbons (Fsp3) is 0.409. The molecule has 0 unspecified atom stereocenters. The fourth-order valence-electron chi connectivity index (χ4n) is 3.34. The van der Waals surface area contributed by atoms with Gasteiger partial charge in [0.25, 0.3) is 5.91 Å². The molecule has 0 radical (unpaired) electrons. The first-order chi connectivity index (χ1) is 15.0. The number of rotatable bonds is 8. The highest BCUT2D eigenvalue weighted by atomic mass is 32.2. The number of carbonyl (C=O) groups excluding carboxylic acids is 3. The summed E-state index contributed by atoms with van der Waals surface area (Å²) in [5.41, 5.74) is 1.32. The van der Waals surface area contributed by atoms with Crippen LogP contribution in [0.1, 0.15) is 47.0 Å². The van der Waals surface area contributed by atoms with E-state index in [2.05, 4.69) is 10.6 Å². The van der Waals surface area contributed by atoms with Crippen LogP contribution in [-0.4, -0.2) is 37.4 Å². The third-order valence-electron chi connectivity index (χ3n) is 4.80. The van der Waals surface area contributed by atoms with Crippen LogP contribution in [0.25, 0.3) is 0 Å². The van der Waals surface area contributed by atoms with Gasteiger partial charge in [0.1, 0.15) is 10.8 Å². The molecule has 1 aliphatic rings. The van der Waals surface area contributed by atoms with Crippen molar-refractivity contribution in [1.29, 1.82) is 0 Å². The number of hydrogen-bond acceptors (Lipinski definition) is 7. The Hall–Kier alpha value is -2.52. The first-order valence-corrected chi connectivity index (χ1v) is 12.0. The highest BCUT2D eigenvalue weighted by molar-refractivity contribution is 7.99. The lowest BCUT2D eigenvalue weighted by Crippen LogP contribution is -2.32. The van der Waals surface area contributed by atoms with E-state index in [4.69, 9.17) is 9.47 Å². The Kier molecular flexibility index (Phi) is 8.36. The van der Waals surface area contributed by atoms with Gasteiger partial charge in [-0.15, -0.1) is 23.1 Å². The molecule has 3 amide bonds. The Morgan fingerprint density at radius 2 is 1.87 bits per heavy atom. The molecule has 1 aliphatic carbocycles. The van der Waals surface area contributed by atoms with Gasteiger partial charge in [0, 0.05) is 21.9 Å². The summed E-state index contributed by atoms with van der Waals surface area (Å²) in [6.45, 7) is 1.85. The lowest BCUT2D eigenvalue weighted by molar-refractivity contribution is -0.115. The van der Waals surface area contributed by atoms with Crippen LogP contribution in [0.15, 0.2) is 29.2 Å². The summed E-state index contributed by atoms with van der Waals surface area (Å²) in [6, 6.07) is 7.67. The number of thiophene rings is 1. The number of aryl methyl sites for hydroxylation is 1. The van der Waals surface area contributed by atoms with E-state index in [1.54, 1.807) is 25.8 Å². The summed E-state index contributed by atoms with van der Waals surface area (Å²) >= 11 is 3.00. The van der Waals surface area contributed by atoms with E-state index in [-0.39, 0.29) is 12.5 Å². The number of alkyl carbamates (subject to hydrolysis) is 1. The van der Waals surface area contributed by atoms with Crippen molar-refractivity contribution >= 4 is 46.0 Å². The predicted octanol–water partition coefficient (Wildman–Crippen LogP) is 4.64. The highest BCUT2D eigenvalue weighted by Gasteiger charge is 2.27. The van der Waals surface area contributed by atoms with Crippen LogP contribution in [0.2, 0.25) is 0 Å². The van der Waals surface area contributed by atoms with Crippen molar-refractivity contribution in [3.8, 4) is 5.75 Å². The number of benzene rings is 1. The maximum absolute atomic E-state index is 12.7. The number of methoxy groups -OCH3 is 1. The van der Waals surface area contributed by atoms with Gasteiger partial charge in [0.15, 0.2) is 0 Å². The SMILES string of the molecule is CCOC(=O)NC(=O)c1c(NC(=O)CCSc2ccc(OC)cc2)sc2c1CCCC2. The monoisotopic (exact) mass is 462 g/mol. The van der Waals surface area contributed by atoms with Crippen LogP contribution in [0.3, 0.4) is 0 Å². The molecule has 0 saturated carbocycles. The number of hydrogen-bond donors (Lipinski definition) is 2. The fourth-order valence-corrected chi connectivity index (χ4v) is 5.49. The minimum atomic E-state index is -0.781. The second kappa shape index (κ2) is 11.2. The van der Waals surface area contributed by atoms with Gasteiger partial charge in [-0.1, -0.05) is 0 Å². The summed E-state index contributed by atoms with van der Waals surface area (Å²) < 4.78 is 9.97. The molecule has 1 aromatic heterocycles. The van der Waals surface area contributed by atoms with Gasteiger partial charge >= 0.3 is 6.09 Å². The smallest absolute Gasteiger partial charge is 0.414 e. The average Bonchev–Trinajstić information content (AvgIpc) is 3.12. The zero-order valence-electron chi connectivity index (χ0n) is 17.6.